The number of carbonyl (C=O) groups excluding carboxylic acids is 1. The third-order valence-electron chi connectivity index (χ3n) is 6.89. The van der Waals surface area contributed by atoms with E-state index in [1.807, 2.05) is 12.1 Å². The summed E-state index contributed by atoms with van der Waals surface area (Å²) in [5.41, 5.74) is 4.30. The van der Waals surface area contributed by atoms with Crippen LogP contribution in [0.25, 0.3) is 5.69 Å². The van der Waals surface area contributed by atoms with Crippen molar-refractivity contribution in [1.29, 1.82) is 0 Å². The topological polar surface area (TPSA) is 94.5 Å². The van der Waals surface area contributed by atoms with Gasteiger partial charge in [-0.2, -0.15) is 9.78 Å². The molecule has 0 unspecified atom stereocenters. The van der Waals surface area contributed by atoms with Crippen LogP contribution in [0.5, 0.6) is 17.2 Å². The van der Waals surface area contributed by atoms with Crippen LogP contribution in [0.3, 0.4) is 0 Å². The molecule has 0 spiro atoms. The summed E-state index contributed by atoms with van der Waals surface area (Å²) in [4.78, 5) is 26.1. The molecule has 6 rings (SSSR count). The second-order valence-electron chi connectivity index (χ2n) is 9.64. The van der Waals surface area contributed by atoms with Gasteiger partial charge >= 0.3 is 0 Å². The zero-order chi connectivity index (χ0) is 26.1. The Kier molecular flexibility index (Phi) is 6.29. The maximum Gasteiger partial charge on any atom is 0.299 e. The Morgan fingerprint density at radius 1 is 0.947 bits per heavy atom. The molecule has 2 N–H and O–H groups in total. The fourth-order valence-corrected chi connectivity index (χ4v) is 4.62. The molecule has 192 valence electrons. The van der Waals surface area contributed by atoms with Gasteiger partial charge in [0.05, 0.1) is 19.0 Å². The highest BCUT2D eigenvalue weighted by Gasteiger charge is 2.24. The van der Waals surface area contributed by atoms with E-state index in [0.717, 1.165) is 32.1 Å². The molecule has 8 nitrogen and oxygen atoms in total. The molecule has 0 aliphatic heterocycles. The highest BCUT2D eigenvalue weighted by atomic mass is 16.5. The van der Waals surface area contributed by atoms with Gasteiger partial charge in [0.2, 0.25) is 0 Å². The number of aryl methyl sites for hydroxylation is 2. The zero-order valence-electron chi connectivity index (χ0n) is 21.1. The van der Waals surface area contributed by atoms with E-state index in [2.05, 4.69) is 21.8 Å². The number of amides is 1. The average molecular weight is 509 g/mol. The Bertz CT molecular complexity index is 1540. The summed E-state index contributed by atoms with van der Waals surface area (Å²) in [6.07, 6.45) is 6.84. The zero-order valence-corrected chi connectivity index (χ0v) is 21.1. The van der Waals surface area contributed by atoms with Gasteiger partial charge in [-0.3, -0.25) is 9.59 Å². The summed E-state index contributed by atoms with van der Waals surface area (Å²) < 4.78 is 12.8. The summed E-state index contributed by atoms with van der Waals surface area (Å²) in [6.45, 7) is 0. The quantitative estimate of drug-likeness (QED) is 0.342. The van der Waals surface area contributed by atoms with Gasteiger partial charge in [0, 0.05) is 17.3 Å². The van der Waals surface area contributed by atoms with E-state index in [0.29, 0.717) is 34.2 Å². The number of rotatable bonds is 8. The highest BCUT2D eigenvalue weighted by Crippen LogP contribution is 2.32. The predicted octanol–water partition coefficient (Wildman–Crippen LogP) is 5.16. The van der Waals surface area contributed by atoms with Crippen molar-refractivity contribution in [3.05, 3.63) is 100.0 Å². The third-order valence-corrected chi connectivity index (χ3v) is 6.89. The smallest absolute Gasteiger partial charge is 0.299 e. The van der Waals surface area contributed by atoms with Gasteiger partial charge in [0.1, 0.15) is 11.5 Å². The summed E-state index contributed by atoms with van der Waals surface area (Å²) in [5.74, 6) is 1.56. The molecule has 0 bridgehead atoms. The lowest BCUT2D eigenvalue weighted by Crippen LogP contribution is -2.25. The molecule has 1 amide bonds. The first-order valence-electron chi connectivity index (χ1n) is 12.8. The number of anilines is 2. The largest absolute Gasteiger partial charge is 0.497 e. The fourth-order valence-electron chi connectivity index (χ4n) is 4.62. The lowest BCUT2D eigenvalue weighted by Gasteiger charge is -2.15. The van der Waals surface area contributed by atoms with E-state index in [4.69, 9.17) is 9.47 Å². The molecular formula is C30H28N4O4. The van der Waals surface area contributed by atoms with Gasteiger partial charge < -0.3 is 20.1 Å². The van der Waals surface area contributed by atoms with Crippen molar-refractivity contribution in [3.8, 4) is 22.9 Å². The van der Waals surface area contributed by atoms with E-state index in [9.17, 15) is 9.59 Å². The third kappa shape index (κ3) is 4.98. The van der Waals surface area contributed by atoms with Crippen molar-refractivity contribution in [2.24, 2.45) is 0 Å². The van der Waals surface area contributed by atoms with E-state index in [1.54, 1.807) is 61.8 Å². The van der Waals surface area contributed by atoms with E-state index in [1.165, 1.54) is 15.8 Å². The van der Waals surface area contributed by atoms with Crippen molar-refractivity contribution in [2.75, 3.05) is 12.4 Å². The predicted molar refractivity (Wildman–Crippen MR) is 145 cm³/mol. The maximum atomic E-state index is 13.7. The minimum atomic E-state index is -0.371. The van der Waals surface area contributed by atoms with Gasteiger partial charge in [-0.15, -0.1) is 0 Å². The number of ether oxygens (including phenoxy) is 2. The van der Waals surface area contributed by atoms with Crippen LogP contribution in [0.2, 0.25) is 0 Å². The number of nitrogens with zero attached hydrogens (tertiary/aromatic N) is 2. The molecule has 8 heteroatoms. The number of fused-ring (bicyclic) bond motifs is 1. The van der Waals surface area contributed by atoms with Crippen LogP contribution in [-0.2, 0) is 12.8 Å². The van der Waals surface area contributed by atoms with Gasteiger partial charge in [-0.25, -0.2) is 0 Å². The molecule has 0 radical (unpaired) electrons. The van der Waals surface area contributed by atoms with E-state index >= 15 is 0 Å². The fraction of sp³-hybridized carbons (Fsp3) is 0.233. The molecule has 38 heavy (non-hydrogen) atoms. The standard InChI is InChI=1S/C30H28N4O4/c1-37-25-15-12-24(13-16-25)34-30(36)28(32-22-8-5-20(6-9-22)29(35)33-23-10-11-23)27(18-31-34)38-26-14-7-19-3-2-4-21(19)17-26/h5-9,12-18,23,32H,2-4,10-11H2,1H3,(H,33,35). The summed E-state index contributed by atoms with van der Waals surface area (Å²) >= 11 is 0. The van der Waals surface area contributed by atoms with Crippen LogP contribution in [-0.4, -0.2) is 28.8 Å². The van der Waals surface area contributed by atoms with Gasteiger partial charge in [-0.05, 0) is 104 Å². The van der Waals surface area contributed by atoms with Crippen molar-refractivity contribution in [2.45, 2.75) is 38.1 Å². The number of aromatic nitrogens is 2. The average Bonchev–Trinajstić information content (AvgIpc) is 3.64. The Hall–Kier alpha value is -4.59. The molecule has 1 heterocycles. The first-order chi connectivity index (χ1) is 18.6. The lowest BCUT2D eigenvalue weighted by molar-refractivity contribution is 0.0951. The normalized spacial score (nSPS) is 14.0. The minimum Gasteiger partial charge on any atom is -0.497 e. The molecule has 2 aliphatic rings. The Morgan fingerprint density at radius 2 is 1.68 bits per heavy atom. The van der Waals surface area contributed by atoms with Crippen molar-refractivity contribution in [3.63, 3.8) is 0 Å². The molecule has 1 fully saturated rings. The van der Waals surface area contributed by atoms with Crippen molar-refractivity contribution < 1.29 is 14.3 Å². The van der Waals surface area contributed by atoms with Gasteiger partial charge in [0.25, 0.3) is 11.5 Å². The molecule has 1 saturated carbocycles. The molecule has 2 aliphatic carbocycles. The Morgan fingerprint density at radius 3 is 2.42 bits per heavy atom. The number of nitrogens with one attached hydrogen (secondary N) is 2. The SMILES string of the molecule is COc1ccc(-n2ncc(Oc3ccc4c(c3)CCC4)c(Nc3ccc(C(=O)NC4CC4)cc3)c2=O)cc1. The van der Waals surface area contributed by atoms with Crippen LogP contribution < -0.4 is 25.7 Å². The second-order valence-corrected chi connectivity index (χ2v) is 9.64. The first-order valence-corrected chi connectivity index (χ1v) is 12.8. The summed E-state index contributed by atoms with van der Waals surface area (Å²) in [7, 11) is 1.59. The van der Waals surface area contributed by atoms with Crippen molar-refractivity contribution in [1.82, 2.24) is 15.1 Å². The van der Waals surface area contributed by atoms with Crippen LogP contribution >= 0.6 is 0 Å². The maximum absolute atomic E-state index is 13.7. The number of carbonyl (C=O) groups is 1. The van der Waals surface area contributed by atoms with Gasteiger partial charge in [-0.1, -0.05) is 6.07 Å². The molecule has 0 saturated heterocycles. The summed E-state index contributed by atoms with van der Waals surface area (Å²) in [5, 5.41) is 10.6. The number of hydrogen-bond acceptors (Lipinski definition) is 6. The monoisotopic (exact) mass is 508 g/mol. The lowest BCUT2D eigenvalue weighted by atomic mass is 10.1. The number of hydrogen-bond donors (Lipinski definition) is 2. The summed E-state index contributed by atoms with van der Waals surface area (Å²) in [6, 6.07) is 20.5. The Balaban J connectivity index is 1.33. The van der Waals surface area contributed by atoms with Crippen LogP contribution in [0, 0.1) is 0 Å². The van der Waals surface area contributed by atoms with Gasteiger partial charge in [0.15, 0.2) is 11.4 Å². The second kappa shape index (κ2) is 10.0. The minimum absolute atomic E-state index is 0.0922. The Labute approximate surface area is 220 Å². The van der Waals surface area contributed by atoms with E-state index < -0.39 is 0 Å². The highest BCUT2D eigenvalue weighted by molar-refractivity contribution is 5.95. The number of methoxy groups -OCH3 is 1. The number of benzene rings is 3. The van der Waals surface area contributed by atoms with Crippen LogP contribution in [0.1, 0.15) is 40.7 Å². The molecule has 3 aromatic carbocycles. The molecule has 4 aromatic rings. The van der Waals surface area contributed by atoms with Crippen LogP contribution in [0.4, 0.5) is 11.4 Å². The molecule has 1 aromatic heterocycles. The molecular weight excluding hydrogens is 480 g/mol. The van der Waals surface area contributed by atoms with E-state index in [-0.39, 0.29) is 23.2 Å². The molecule has 0 atom stereocenters. The van der Waals surface area contributed by atoms with Crippen molar-refractivity contribution >= 4 is 17.3 Å². The first kappa shape index (κ1) is 23.8. The van der Waals surface area contributed by atoms with Crippen LogP contribution in [0.15, 0.2) is 77.7 Å².